The molecule has 0 aromatic heterocycles. The molecule has 0 fully saturated rings. The van der Waals surface area contributed by atoms with Gasteiger partial charge in [-0.15, -0.1) is 0 Å². The highest BCUT2D eigenvalue weighted by Gasteiger charge is 2.34. The fraction of sp³-hybridized carbons (Fsp3) is 0.278. The number of alkyl halides is 3. The van der Waals surface area contributed by atoms with Gasteiger partial charge in [-0.25, -0.2) is 9.38 Å². The number of amidine groups is 1. The smallest absolute Gasteiger partial charge is 0.419 e. The van der Waals surface area contributed by atoms with Crippen molar-refractivity contribution in [3.63, 3.8) is 0 Å². The molecule has 0 saturated heterocycles. The predicted molar refractivity (Wildman–Crippen MR) is 90.3 cm³/mol. The fourth-order valence-corrected chi connectivity index (χ4v) is 2.78. The summed E-state index contributed by atoms with van der Waals surface area (Å²) in [6, 6.07) is 12.1. The maximum absolute atomic E-state index is 14.0. The number of rotatable bonds is 5. The van der Waals surface area contributed by atoms with Crippen molar-refractivity contribution < 1.29 is 22.3 Å². The molecule has 2 aromatic rings. The van der Waals surface area contributed by atoms with Gasteiger partial charge < -0.3 is 15.4 Å². The molecule has 0 aliphatic carbocycles. The highest BCUT2D eigenvalue weighted by molar-refractivity contribution is 5.73. The van der Waals surface area contributed by atoms with Crippen molar-refractivity contribution in [2.75, 3.05) is 18.1 Å². The van der Waals surface area contributed by atoms with Gasteiger partial charge in [-0.1, -0.05) is 30.3 Å². The van der Waals surface area contributed by atoms with E-state index in [1.165, 1.54) is 6.07 Å². The Bertz CT molecular complexity index is 793. The van der Waals surface area contributed by atoms with E-state index in [4.69, 9.17) is 10.5 Å². The zero-order chi connectivity index (χ0) is 18.7. The van der Waals surface area contributed by atoms with Crippen LogP contribution in [-0.2, 0) is 17.5 Å². The second kappa shape index (κ2) is 7.23. The Morgan fingerprint density at radius 2 is 1.88 bits per heavy atom. The summed E-state index contributed by atoms with van der Waals surface area (Å²) in [5.41, 5.74) is 5.49. The lowest BCUT2D eigenvalue weighted by Gasteiger charge is -2.27. The summed E-state index contributed by atoms with van der Waals surface area (Å²) in [5.74, 6) is -1.31. The van der Waals surface area contributed by atoms with E-state index in [-0.39, 0.29) is 18.7 Å². The van der Waals surface area contributed by atoms with E-state index in [1.807, 2.05) is 30.3 Å². The SMILES string of the molecule is NC1=N[C@@H](CN(Cc2ccccc2)c2ccc(C(F)(F)F)c(F)c2)CO1. The van der Waals surface area contributed by atoms with Crippen molar-refractivity contribution in [3.8, 4) is 0 Å². The van der Waals surface area contributed by atoms with Gasteiger partial charge in [0.15, 0.2) is 0 Å². The van der Waals surface area contributed by atoms with Crippen LogP contribution < -0.4 is 10.6 Å². The molecule has 0 unspecified atom stereocenters. The quantitative estimate of drug-likeness (QED) is 0.822. The zero-order valence-electron chi connectivity index (χ0n) is 13.7. The average molecular weight is 367 g/mol. The Labute approximate surface area is 147 Å². The van der Waals surface area contributed by atoms with Crippen LogP contribution in [0.5, 0.6) is 0 Å². The monoisotopic (exact) mass is 367 g/mol. The molecule has 1 aliphatic heterocycles. The number of ether oxygens (including phenoxy) is 1. The standard InChI is InChI=1S/C18H17F4N3O/c19-16-8-14(6-7-15(16)18(20,21)22)25(9-12-4-2-1-3-5-12)10-13-11-26-17(23)24-13/h1-8,13H,9-11H2,(H2,23,24)/t13-/m0/s1. The Morgan fingerprint density at radius 1 is 1.15 bits per heavy atom. The van der Waals surface area contributed by atoms with E-state index in [0.29, 0.717) is 18.8 Å². The molecule has 2 aromatic carbocycles. The number of halogens is 4. The van der Waals surface area contributed by atoms with Crippen molar-refractivity contribution >= 4 is 11.7 Å². The van der Waals surface area contributed by atoms with Crippen LogP contribution in [0.15, 0.2) is 53.5 Å². The van der Waals surface area contributed by atoms with E-state index >= 15 is 0 Å². The number of nitrogens with zero attached hydrogens (tertiary/aromatic N) is 2. The first-order valence-corrected chi connectivity index (χ1v) is 7.94. The number of hydrogen-bond donors (Lipinski definition) is 1. The van der Waals surface area contributed by atoms with Crippen LogP contribution in [-0.4, -0.2) is 25.2 Å². The zero-order valence-corrected chi connectivity index (χ0v) is 13.7. The van der Waals surface area contributed by atoms with Crippen LogP contribution in [0.1, 0.15) is 11.1 Å². The second-order valence-electron chi connectivity index (χ2n) is 5.96. The van der Waals surface area contributed by atoms with Gasteiger partial charge in [0, 0.05) is 18.8 Å². The number of anilines is 1. The summed E-state index contributed by atoms with van der Waals surface area (Å²) in [7, 11) is 0. The molecule has 0 amide bonds. The van der Waals surface area contributed by atoms with Crippen LogP contribution in [0.4, 0.5) is 23.2 Å². The molecule has 1 atom stereocenters. The highest BCUT2D eigenvalue weighted by atomic mass is 19.4. The van der Waals surface area contributed by atoms with Gasteiger partial charge in [0.2, 0.25) is 0 Å². The molecular formula is C18H17F4N3O. The maximum Gasteiger partial charge on any atom is 0.419 e. The first-order valence-electron chi connectivity index (χ1n) is 7.94. The fourth-order valence-electron chi connectivity index (χ4n) is 2.78. The maximum atomic E-state index is 14.0. The predicted octanol–water partition coefficient (Wildman–Crippen LogP) is 3.56. The van der Waals surface area contributed by atoms with E-state index in [0.717, 1.165) is 17.7 Å². The molecule has 8 heteroatoms. The minimum atomic E-state index is -4.73. The van der Waals surface area contributed by atoms with Crippen LogP contribution in [0.2, 0.25) is 0 Å². The lowest BCUT2D eigenvalue weighted by atomic mass is 10.1. The van der Waals surface area contributed by atoms with Crippen molar-refractivity contribution in [1.82, 2.24) is 0 Å². The Morgan fingerprint density at radius 3 is 2.46 bits per heavy atom. The van der Waals surface area contributed by atoms with Gasteiger partial charge in [-0.05, 0) is 23.8 Å². The van der Waals surface area contributed by atoms with Gasteiger partial charge in [0.1, 0.15) is 18.5 Å². The summed E-state index contributed by atoms with van der Waals surface area (Å²) in [6.07, 6.45) is -4.73. The molecule has 1 aliphatic rings. The third-order valence-corrected chi connectivity index (χ3v) is 4.00. The third-order valence-electron chi connectivity index (χ3n) is 4.00. The summed E-state index contributed by atoms with van der Waals surface area (Å²) >= 11 is 0. The van der Waals surface area contributed by atoms with Crippen LogP contribution in [0.3, 0.4) is 0 Å². The summed E-state index contributed by atoms with van der Waals surface area (Å²) in [6.45, 7) is 0.998. The minimum absolute atomic E-state index is 0.0771. The van der Waals surface area contributed by atoms with Gasteiger partial charge in [0.25, 0.3) is 6.02 Å². The number of benzene rings is 2. The summed E-state index contributed by atoms with van der Waals surface area (Å²) < 4.78 is 57.5. The van der Waals surface area contributed by atoms with E-state index in [2.05, 4.69) is 4.99 Å². The van der Waals surface area contributed by atoms with Crippen LogP contribution in [0, 0.1) is 5.82 Å². The number of aliphatic imine (C=N–C) groups is 1. The molecule has 0 radical (unpaired) electrons. The second-order valence-corrected chi connectivity index (χ2v) is 5.96. The molecule has 138 valence electrons. The van der Waals surface area contributed by atoms with E-state index < -0.39 is 17.6 Å². The lowest BCUT2D eigenvalue weighted by Crippen LogP contribution is -2.32. The number of nitrogens with two attached hydrogens (primary N) is 1. The average Bonchev–Trinajstić information content (AvgIpc) is 2.99. The van der Waals surface area contributed by atoms with Crippen LogP contribution in [0.25, 0.3) is 0 Å². The van der Waals surface area contributed by atoms with Gasteiger partial charge in [-0.3, -0.25) is 0 Å². The van der Waals surface area contributed by atoms with Gasteiger partial charge in [0.05, 0.1) is 5.56 Å². The van der Waals surface area contributed by atoms with Crippen molar-refractivity contribution in [2.45, 2.75) is 18.8 Å². The molecule has 0 saturated carbocycles. The first kappa shape index (κ1) is 18.0. The minimum Gasteiger partial charge on any atom is -0.463 e. The Kier molecular flexibility index (Phi) is 5.01. The topological polar surface area (TPSA) is 50.8 Å². The lowest BCUT2D eigenvalue weighted by molar-refractivity contribution is -0.139. The van der Waals surface area contributed by atoms with Crippen molar-refractivity contribution in [2.24, 2.45) is 10.7 Å². The normalized spacial score (nSPS) is 16.9. The molecule has 1 heterocycles. The van der Waals surface area contributed by atoms with E-state index in [1.54, 1.807) is 4.90 Å². The first-order chi connectivity index (χ1) is 12.3. The van der Waals surface area contributed by atoms with Gasteiger partial charge in [-0.2, -0.15) is 13.2 Å². The summed E-state index contributed by atoms with van der Waals surface area (Å²) in [4.78, 5) is 5.89. The van der Waals surface area contributed by atoms with Crippen molar-refractivity contribution in [3.05, 3.63) is 65.5 Å². The molecule has 2 N–H and O–H groups in total. The summed E-state index contributed by atoms with van der Waals surface area (Å²) in [5, 5.41) is 0. The third kappa shape index (κ3) is 4.25. The largest absolute Gasteiger partial charge is 0.463 e. The molecule has 0 spiro atoms. The van der Waals surface area contributed by atoms with Crippen LogP contribution >= 0.6 is 0 Å². The van der Waals surface area contributed by atoms with Gasteiger partial charge >= 0.3 is 6.18 Å². The van der Waals surface area contributed by atoms with E-state index in [9.17, 15) is 17.6 Å². The van der Waals surface area contributed by atoms with Crippen molar-refractivity contribution in [1.29, 1.82) is 0 Å². The molecule has 26 heavy (non-hydrogen) atoms. The Balaban J connectivity index is 1.88. The Hall–Kier alpha value is -2.77. The number of hydrogen-bond acceptors (Lipinski definition) is 4. The molecule has 4 nitrogen and oxygen atoms in total. The molecule has 0 bridgehead atoms. The molecule has 3 rings (SSSR count). The molecular weight excluding hydrogens is 350 g/mol. The highest BCUT2D eigenvalue weighted by Crippen LogP contribution is 2.33.